The monoisotopic (exact) mass is 431 g/mol. The Morgan fingerprint density at radius 2 is 1.62 bits per heavy atom. The summed E-state index contributed by atoms with van der Waals surface area (Å²) < 4.78 is 6.84. The molecule has 2 heterocycles. The van der Waals surface area contributed by atoms with Crippen LogP contribution in [0, 0.1) is 0 Å². The van der Waals surface area contributed by atoms with E-state index < -0.39 is 11.6 Å². The number of aliphatic hydroxyl groups is 1. The zero-order valence-corrected chi connectivity index (χ0v) is 18.6. The van der Waals surface area contributed by atoms with E-state index in [9.17, 15) is 9.90 Å². The van der Waals surface area contributed by atoms with Gasteiger partial charge in [0.05, 0.1) is 20.1 Å². The Morgan fingerprint density at radius 1 is 1.03 bits per heavy atom. The van der Waals surface area contributed by atoms with Gasteiger partial charge in [-0.1, -0.05) is 60.7 Å². The van der Waals surface area contributed by atoms with Crippen LogP contribution in [0.15, 0.2) is 85.2 Å². The van der Waals surface area contributed by atoms with Crippen molar-refractivity contribution < 1.29 is 19.1 Å². The molecular formula is C27H31N2O3+. The number of carbonyl (C=O) groups is 1. The predicted octanol–water partition coefficient (Wildman–Crippen LogP) is 3.71. The van der Waals surface area contributed by atoms with Crippen LogP contribution in [-0.4, -0.2) is 53.3 Å². The number of esters is 1. The zero-order valence-electron chi connectivity index (χ0n) is 18.6. The lowest BCUT2D eigenvalue weighted by Crippen LogP contribution is -2.55. The number of benzene rings is 2. The number of aromatic nitrogens is 1. The van der Waals surface area contributed by atoms with Crippen LogP contribution in [0.2, 0.25) is 0 Å². The van der Waals surface area contributed by atoms with Crippen LogP contribution < -0.4 is 0 Å². The Labute approximate surface area is 189 Å². The molecule has 1 aliphatic rings. The van der Waals surface area contributed by atoms with E-state index in [4.69, 9.17) is 4.74 Å². The normalized spacial score (nSPS) is 21.1. The summed E-state index contributed by atoms with van der Waals surface area (Å²) in [5, 5.41) is 11.6. The van der Waals surface area contributed by atoms with E-state index in [2.05, 4.69) is 12.0 Å². The van der Waals surface area contributed by atoms with E-state index in [0.29, 0.717) is 11.1 Å². The minimum absolute atomic E-state index is 0.224. The third-order valence-electron chi connectivity index (χ3n) is 6.51. The van der Waals surface area contributed by atoms with Crippen molar-refractivity contribution in [1.82, 2.24) is 4.98 Å². The van der Waals surface area contributed by atoms with Crippen LogP contribution in [0.5, 0.6) is 0 Å². The van der Waals surface area contributed by atoms with Crippen LogP contribution in [0.25, 0.3) is 0 Å². The first-order chi connectivity index (χ1) is 15.5. The van der Waals surface area contributed by atoms with Gasteiger partial charge in [0.25, 0.3) is 0 Å². The van der Waals surface area contributed by atoms with Crippen molar-refractivity contribution in [2.24, 2.45) is 0 Å². The fourth-order valence-corrected chi connectivity index (χ4v) is 4.62. The molecule has 5 nitrogen and oxygen atoms in total. The average Bonchev–Trinajstić information content (AvgIpc) is 2.84. The largest absolute Gasteiger partial charge is 0.454 e. The number of hydrogen-bond donors (Lipinski definition) is 1. The molecule has 5 heteroatoms. The molecule has 1 aliphatic heterocycles. The lowest BCUT2D eigenvalue weighted by Gasteiger charge is -2.41. The number of pyridine rings is 1. The highest BCUT2D eigenvalue weighted by Crippen LogP contribution is 2.32. The summed E-state index contributed by atoms with van der Waals surface area (Å²) >= 11 is 0. The summed E-state index contributed by atoms with van der Waals surface area (Å²) in [6, 6.07) is 22.2. The van der Waals surface area contributed by atoms with Gasteiger partial charge < -0.3 is 14.3 Å². The third kappa shape index (κ3) is 4.90. The standard InChI is InChI=1S/C27H31N2O3/c1-29(20-16-22-14-17-28-18-15-22)19-8-13-25(21-29)32-26(30)27(31,23-9-4-2-5-10-23)24-11-6-3-7-12-24/h2-7,9-12,14-15,17-18,25,31H,8,13,16,19-21H2,1H3/q+1/t25?,29-/m1/s1. The summed E-state index contributed by atoms with van der Waals surface area (Å²) in [6.07, 6.45) is 6.18. The van der Waals surface area contributed by atoms with Gasteiger partial charge in [-0.2, -0.15) is 0 Å². The quantitative estimate of drug-likeness (QED) is 0.458. The fraction of sp³-hybridized carbons (Fsp3) is 0.333. The van der Waals surface area contributed by atoms with Crippen LogP contribution in [0.3, 0.4) is 0 Å². The molecule has 0 radical (unpaired) electrons. The molecule has 0 saturated carbocycles. The van der Waals surface area contributed by atoms with E-state index in [1.54, 1.807) is 24.3 Å². The van der Waals surface area contributed by atoms with Crippen molar-refractivity contribution in [2.75, 3.05) is 26.7 Å². The smallest absolute Gasteiger partial charge is 0.348 e. The number of nitrogens with zero attached hydrogens (tertiary/aromatic N) is 2. The molecule has 1 saturated heterocycles. The summed E-state index contributed by atoms with van der Waals surface area (Å²) in [5.41, 5.74) is 0.463. The minimum atomic E-state index is -1.83. The molecule has 1 N–H and O–H groups in total. The van der Waals surface area contributed by atoms with Crippen molar-refractivity contribution >= 4 is 5.97 Å². The maximum Gasteiger partial charge on any atom is 0.348 e. The number of likely N-dealkylation sites (N-methyl/N-ethyl adjacent to an activating group) is 1. The molecule has 0 spiro atoms. The fourth-order valence-electron chi connectivity index (χ4n) is 4.62. The van der Waals surface area contributed by atoms with E-state index in [1.165, 1.54) is 5.56 Å². The lowest BCUT2D eigenvalue weighted by atomic mass is 9.86. The zero-order chi connectivity index (χ0) is 22.4. The second-order valence-corrected chi connectivity index (χ2v) is 8.97. The van der Waals surface area contributed by atoms with Crippen molar-refractivity contribution in [2.45, 2.75) is 31.0 Å². The predicted molar refractivity (Wildman–Crippen MR) is 124 cm³/mol. The molecule has 1 fully saturated rings. The number of ether oxygens (including phenoxy) is 1. The van der Waals surface area contributed by atoms with Crippen molar-refractivity contribution in [3.8, 4) is 0 Å². The Kier molecular flexibility index (Phi) is 6.68. The molecule has 2 aromatic carbocycles. The summed E-state index contributed by atoms with van der Waals surface area (Å²) in [4.78, 5) is 17.5. The summed E-state index contributed by atoms with van der Waals surface area (Å²) in [7, 11) is 2.22. The molecule has 3 aromatic rings. The highest BCUT2D eigenvalue weighted by Gasteiger charge is 2.44. The van der Waals surface area contributed by atoms with Crippen LogP contribution in [0.1, 0.15) is 29.5 Å². The molecule has 166 valence electrons. The van der Waals surface area contributed by atoms with Gasteiger partial charge in [-0.3, -0.25) is 4.98 Å². The summed E-state index contributed by atoms with van der Waals surface area (Å²) in [6.45, 7) is 2.77. The van der Waals surface area contributed by atoms with Gasteiger partial charge in [0.15, 0.2) is 6.10 Å². The molecular weight excluding hydrogens is 400 g/mol. The summed E-state index contributed by atoms with van der Waals surface area (Å²) in [5.74, 6) is -0.609. The Balaban J connectivity index is 1.49. The van der Waals surface area contributed by atoms with Gasteiger partial charge in [-0.25, -0.2) is 4.79 Å². The molecule has 4 rings (SSSR count). The second kappa shape index (κ2) is 9.63. The van der Waals surface area contributed by atoms with Crippen molar-refractivity contribution in [3.05, 3.63) is 102 Å². The van der Waals surface area contributed by atoms with Gasteiger partial charge in [0.2, 0.25) is 5.60 Å². The molecule has 1 unspecified atom stereocenters. The SMILES string of the molecule is C[N@+]1(CCc2ccncc2)CCCC(OC(=O)C(O)(c2ccccc2)c2ccccc2)C1. The van der Waals surface area contributed by atoms with Gasteiger partial charge in [0, 0.05) is 25.2 Å². The lowest BCUT2D eigenvalue weighted by molar-refractivity contribution is -0.916. The first-order valence-electron chi connectivity index (χ1n) is 11.3. The van der Waals surface area contributed by atoms with Crippen LogP contribution in [-0.2, 0) is 21.6 Å². The topological polar surface area (TPSA) is 59.4 Å². The number of carbonyl (C=O) groups excluding carboxylic acids is 1. The van der Waals surface area contributed by atoms with Gasteiger partial charge in [-0.05, 0) is 35.2 Å². The highest BCUT2D eigenvalue weighted by atomic mass is 16.6. The van der Waals surface area contributed by atoms with E-state index in [1.807, 2.05) is 60.9 Å². The van der Waals surface area contributed by atoms with Crippen LogP contribution >= 0.6 is 0 Å². The number of piperidine rings is 1. The number of quaternary nitrogens is 1. The van der Waals surface area contributed by atoms with Gasteiger partial charge in [-0.15, -0.1) is 0 Å². The maximum absolute atomic E-state index is 13.4. The Bertz CT molecular complexity index is 971. The first-order valence-corrected chi connectivity index (χ1v) is 11.3. The van der Waals surface area contributed by atoms with Gasteiger partial charge >= 0.3 is 5.97 Å². The van der Waals surface area contributed by atoms with Gasteiger partial charge in [0.1, 0.15) is 6.54 Å². The van der Waals surface area contributed by atoms with E-state index in [0.717, 1.165) is 43.4 Å². The number of likely N-dealkylation sites (tertiary alicyclic amines) is 1. The Morgan fingerprint density at radius 3 is 2.22 bits per heavy atom. The van der Waals surface area contributed by atoms with Crippen molar-refractivity contribution in [3.63, 3.8) is 0 Å². The third-order valence-corrected chi connectivity index (χ3v) is 6.51. The molecule has 0 aliphatic carbocycles. The molecule has 2 atom stereocenters. The number of rotatable bonds is 7. The molecule has 32 heavy (non-hydrogen) atoms. The first kappa shape index (κ1) is 22.2. The molecule has 0 bridgehead atoms. The highest BCUT2D eigenvalue weighted by molar-refractivity contribution is 5.85. The van der Waals surface area contributed by atoms with Crippen molar-refractivity contribution in [1.29, 1.82) is 0 Å². The average molecular weight is 432 g/mol. The minimum Gasteiger partial charge on any atom is -0.454 e. The Hall–Kier alpha value is -3.02. The maximum atomic E-state index is 13.4. The van der Waals surface area contributed by atoms with E-state index >= 15 is 0 Å². The molecule has 0 amide bonds. The van der Waals surface area contributed by atoms with Crippen LogP contribution in [0.4, 0.5) is 0 Å². The number of hydrogen-bond acceptors (Lipinski definition) is 4. The van der Waals surface area contributed by atoms with E-state index in [-0.39, 0.29) is 6.10 Å². The molecule has 1 aromatic heterocycles. The second-order valence-electron chi connectivity index (χ2n) is 8.97.